The lowest BCUT2D eigenvalue weighted by Crippen LogP contribution is -2.06. The Bertz CT molecular complexity index is 464. The third-order valence-corrected chi connectivity index (χ3v) is 2.09. The van der Waals surface area contributed by atoms with Crippen LogP contribution in [0.1, 0.15) is 24.5 Å². The average Bonchev–Trinajstić information content (AvgIpc) is 2.67. The van der Waals surface area contributed by atoms with Crippen LogP contribution in [0.3, 0.4) is 0 Å². The van der Waals surface area contributed by atoms with Crippen LogP contribution in [0.4, 0.5) is 0 Å². The van der Waals surface area contributed by atoms with Gasteiger partial charge in [0.1, 0.15) is 0 Å². The fourth-order valence-electron chi connectivity index (χ4n) is 1.24. The zero-order valence-corrected chi connectivity index (χ0v) is 8.64. The summed E-state index contributed by atoms with van der Waals surface area (Å²) < 4.78 is 5.11. The molecule has 1 unspecified atom stereocenters. The van der Waals surface area contributed by atoms with Crippen molar-refractivity contribution in [1.82, 2.24) is 15.1 Å². The smallest absolute Gasteiger partial charge is 0.259 e. The van der Waals surface area contributed by atoms with Crippen molar-refractivity contribution in [2.24, 2.45) is 5.73 Å². The van der Waals surface area contributed by atoms with Gasteiger partial charge in [-0.3, -0.25) is 4.98 Å². The molecule has 1 atom stereocenters. The summed E-state index contributed by atoms with van der Waals surface area (Å²) in [5.74, 6) is 0.973. The summed E-state index contributed by atoms with van der Waals surface area (Å²) in [6.45, 7) is 3.70. The molecule has 0 aliphatic rings. The first-order chi connectivity index (χ1) is 7.18. The second-order valence-corrected chi connectivity index (χ2v) is 3.38. The summed E-state index contributed by atoms with van der Waals surface area (Å²) in [6.07, 6.45) is 1.72. The Labute approximate surface area is 87.3 Å². The summed E-state index contributed by atoms with van der Waals surface area (Å²) in [5.41, 5.74) is 7.35. The van der Waals surface area contributed by atoms with E-state index < -0.39 is 0 Å². The highest BCUT2D eigenvalue weighted by atomic mass is 16.5. The molecule has 5 heteroatoms. The molecule has 78 valence electrons. The molecule has 0 amide bonds. The van der Waals surface area contributed by atoms with Crippen molar-refractivity contribution in [3.8, 4) is 11.5 Å². The van der Waals surface area contributed by atoms with Gasteiger partial charge in [0.2, 0.25) is 0 Å². The number of rotatable bonds is 2. The van der Waals surface area contributed by atoms with Crippen LogP contribution >= 0.6 is 0 Å². The maximum Gasteiger partial charge on any atom is 0.259 e. The van der Waals surface area contributed by atoms with Crippen LogP contribution in [0.2, 0.25) is 0 Å². The molecule has 15 heavy (non-hydrogen) atoms. The van der Waals surface area contributed by atoms with Crippen LogP contribution in [0.5, 0.6) is 0 Å². The van der Waals surface area contributed by atoms with E-state index in [9.17, 15) is 0 Å². The van der Waals surface area contributed by atoms with E-state index in [0.717, 1.165) is 11.3 Å². The Morgan fingerprint density at radius 3 is 2.87 bits per heavy atom. The van der Waals surface area contributed by atoms with Crippen LogP contribution in [0, 0.1) is 6.92 Å². The molecule has 0 aliphatic carbocycles. The Morgan fingerprint density at radius 2 is 2.27 bits per heavy atom. The monoisotopic (exact) mass is 204 g/mol. The van der Waals surface area contributed by atoms with Crippen LogP contribution < -0.4 is 5.73 Å². The van der Waals surface area contributed by atoms with Crippen molar-refractivity contribution in [1.29, 1.82) is 0 Å². The molecule has 2 N–H and O–H groups in total. The van der Waals surface area contributed by atoms with Crippen molar-refractivity contribution in [3.63, 3.8) is 0 Å². The summed E-state index contributed by atoms with van der Waals surface area (Å²) in [6, 6.07) is 3.50. The number of hydrogen-bond donors (Lipinski definition) is 1. The number of hydrogen-bond acceptors (Lipinski definition) is 5. The van der Waals surface area contributed by atoms with Gasteiger partial charge in [0.05, 0.1) is 11.6 Å². The molecule has 0 saturated carbocycles. The maximum atomic E-state index is 5.64. The lowest BCUT2D eigenvalue weighted by molar-refractivity contribution is 0.418. The fourth-order valence-corrected chi connectivity index (χ4v) is 1.24. The van der Waals surface area contributed by atoms with Gasteiger partial charge in [-0.15, -0.1) is 0 Å². The summed E-state index contributed by atoms with van der Waals surface area (Å²) in [5, 5.41) is 3.79. The molecule has 2 aromatic rings. The fraction of sp³-hybridized carbons (Fsp3) is 0.300. The topological polar surface area (TPSA) is 77.8 Å². The van der Waals surface area contributed by atoms with Gasteiger partial charge in [0.15, 0.2) is 5.82 Å². The van der Waals surface area contributed by atoms with Gasteiger partial charge in [0.25, 0.3) is 5.89 Å². The quantitative estimate of drug-likeness (QED) is 0.801. The molecular weight excluding hydrogens is 192 g/mol. The maximum absolute atomic E-state index is 5.64. The highest BCUT2D eigenvalue weighted by Crippen LogP contribution is 2.20. The second kappa shape index (κ2) is 3.78. The van der Waals surface area contributed by atoms with Crippen molar-refractivity contribution in [2.45, 2.75) is 19.9 Å². The molecule has 2 rings (SSSR count). The van der Waals surface area contributed by atoms with Crippen molar-refractivity contribution in [3.05, 3.63) is 29.8 Å². The molecule has 2 heterocycles. The molecule has 2 aromatic heterocycles. The van der Waals surface area contributed by atoms with E-state index >= 15 is 0 Å². The number of aromatic nitrogens is 3. The zero-order valence-electron chi connectivity index (χ0n) is 8.64. The van der Waals surface area contributed by atoms with Crippen molar-refractivity contribution < 1.29 is 4.52 Å². The lowest BCUT2D eigenvalue weighted by Gasteiger charge is -1.97. The Morgan fingerprint density at radius 1 is 1.47 bits per heavy atom. The number of nitrogens with two attached hydrogens (primary N) is 1. The van der Waals surface area contributed by atoms with Gasteiger partial charge >= 0.3 is 0 Å². The molecule has 0 radical (unpaired) electrons. The van der Waals surface area contributed by atoms with Crippen molar-refractivity contribution >= 4 is 0 Å². The minimum absolute atomic E-state index is 0.223. The molecule has 0 aromatic carbocycles. The van der Waals surface area contributed by atoms with E-state index in [0.29, 0.717) is 11.7 Å². The first-order valence-electron chi connectivity index (χ1n) is 4.69. The van der Waals surface area contributed by atoms with E-state index in [1.54, 1.807) is 6.20 Å². The summed E-state index contributed by atoms with van der Waals surface area (Å²) in [7, 11) is 0. The third kappa shape index (κ3) is 1.87. The first-order valence-corrected chi connectivity index (χ1v) is 4.69. The molecule has 0 saturated heterocycles. The molecule has 0 aliphatic heterocycles. The van der Waals surface area contributed by atoms with Gasteiger partial charge in [-0.25, -0.2) is 0 Å². The normalized spacial score (nSPS) is 12.7. The molecule has 0 spiro atoms. The van der Waals surface area contributed by atoms with Crippen LogP contribution in [0.15, 0.2) is 22.9 Å². The van der Waals surface area contributed by atoms with E-state index in [1.807, 2.05) is 26.0 Å². The first kappa shape index (κ1) is 9.79. The molecule has 5 nitrogen and oxygen atoms in total. The molecule has 0 fully saturated rings. The van der Waals surface area contributed by atoms with Crippen LogP contribution in [-0.2, 0) is 0 Å². The number of nitrogens with zero attached hydrogens (tertiary/aromatic N) is 3. The van der Waals surface area contributed by atoms with Gasteiger partial charge < -0.3 is 10.3 Å². The standard InChI is InChI=1S/C10H12N4O/c1-6(11)9-13-10(15-14-9)8-4-3-5-12-7(8)2/h3-6H,11H2,1-2H3. The highest BCUT2D eigenvalue weighted by Gasteiger charge is 2.13. The van der Waals surface area contributed by atoms with Crippen LogP contribution in [0.25, 0.3) is 11.5 Å². The van der Waals surface area contributed by atoms with E-state index in [4.69, 9.17) is 10.3 Å². The second-order valence-electron chi connectivity index (χ2n) is 3.38. The van der Waals surface area contributed by atoms with Crippen molar-refractivity contribution in [2.75, 3.05) is 0 Å². The van der Waals surface area contributed by atoms with Gasteiger partial charge in [-0.1, -0.05) is 5.16 Å². The van der Waals surface area contributed by atoms with Gasteiger partial charge in [-0.05, 0) is 26.0 Å². The Balaban J connectivity index is 2.42. The van der Waals surface area contributed by atoms with Crippen LogP contribution in [-0.4, -0.2) is 15.1 Å². The Hall–Kier alpha value is -1.75. The lowest BCUT2D eigenvalue weighted by atomic mass is 10.2. The number of pyridine rings is 1. The molecular formula is C10H12N4O. The minimum atomic E-state index is -0.223. The summed E-state index contributed by atoms with van der Waals surface area (Å²) >= 11 is 0. The SMILES string of the molecule is Cc1ncccc1-c1nc(C(C)N)no1. The largest absolute Gasteiger partial charge is 0.334 e. The average molecular weight is 204 g/mol. The highest BCUT2D eigenvalue weighted by molar-refractivity contribution is 5.55. The number of aryl methyl sites for hydroxylation is 1. The van der Waals surface area contributed by atoms with Gasteiger partial charge in [0, 0.05) is 11.9 Å². The predicted molar refractivity (Wildman–Crippen MR) is 54.9 cm³/mol. The van der Waals surface area contributed by atoms with E-state index in [1.165, 1.54) is 0 Å². The Kier molecular flexibility index (Phi) is 2.47. The zero-order chi connectivity index (χ0) is 10.8. The predicted octanol–water partition coefficient (Wildman–Crippen LogP) is 1.46. The van der Waals surface area contributed by atoms with E-state index in [-0.39, 0.29) is 6.04 Å². The van der Waals surface area contributed by atoms with Gasteiger partial charge in [-0.2, -0.15) is 4.98 Å². The summed E-state index contributed by atoms with van der Waals surface area (Å²) in [4.78, 5) is 8.35. The third-order valence-electron chi connectivity index (χ3n) is 2.09. The minimum Gasteiger partial charge on any atom is -0.334 e. The van der Waals surface area contributed by atoms with E-state index in [2.05, 4.69) is 15.1 Å². The molecule has 0 bridgehead atoms.